The van der Waals surface area contributed by atoms with Crippen LogP contribution in [0.2, 0.25) is 0 Å². The zero-order chi connectivity index (χ0) is 20.4. The van der Waals surface area contributed by atoms with E-state index in [9.17, 15) is 19.1 Å². The van der Waals surface area contributed by atoms with Crippen LogP contribution in [-0.4, -0.2) is 61.5 Å². The summed E-state index contributed by atoms with van der Waals surface area (Å²) in [5.41, 5.74) is 2.23. The van der Waals surface area contributed by atoms with E-state index >= 15 is 0 Å². The van der Waals surface area contributed by atoms with E-state index in [1.165, 1.54) is 24.6 Å². The van der Waals surface area contributed by atoms with Gasteiger partial charge >= 0.3 is 0 Å². The Hall–Kier alpha value is -3.09. The molecule has 0 radical (unpaired) electrons. The summed E-state index contributed by atoms with van der Waals surface area (Å²) in [6, 6.07) is 10.7. The largest absolute Gasteiger partial charge is 0.504 e. The van der Waals surface area contributed by atoms with E-state index in [1.807, 2.05) is 0 Å². The van der Waals surface area contributed by atoms with Gasteiger partial charge in [-0.05, 0) is 43.2 Å². The minimum Gasteiger partial charge on any atom is -0.504 e. The number of nitrogens with zero attached hydrogens (tertiary/aromatic N) is 3. The maximum atomic E-state index is 13.8. The second-order valence-corrected chi connectivity index (χ2v) is 7.51. The van der Waals surface area contributed by atoms with Crippen molar-refractivity contribution in [2.45, 2.75) is 12.8 Å². The van der Waals surface area contributed by atoms with Crippen molar-refractivity contribution in [1.29, 1.82) is 0 Å². The van der Waals surface area contributed by atoms with Gasteiger partial charge in [0.15, 0.2) is 17.9 Å². The van der Waals surface area contributed by atoms with Gasteiger partial charge in [-0.25, -0.2) is 4.39 Å². The molecular weight excluding hydrogens is 373 g/mol. The minimum atomic E-state index is -0.963. The third-order valence-electron chi connectivity index (χ3n) is 5.70. The smallest absolute Gasteiger partial charge is 0.254 e. The lowest BCUT2D eigenvalue weighted by Gasteiger charge is -2.36. The number of aldehydes is 1. The molecule has 29 heavy (non-hydrogen) atoms. The van der Waals surface area contributed by atoms with Crippen molar-refractivity contribution in [2.24, 2.45) is 0 Å². The second kappa shape index (κ2) is 8.11. The number of halogens is 1. The molecule has 1 amide bonds. The number of piperazine rings is 1. The van der Waals surface area contributed by atoms with Crippen LogP contribution in [0.15, 0.2) is 36.4 Å². The van der Waals surface area contributed by atoms with Crippen LogP contribution in [0.1, 0.15) is 33.6 Å². The number of hydrogen-bond donors (Lipinski definition) is 1. The van der Waals surface area contributed by atoms with Crippen molar-refractivity contribution in [2.75, 3.05) is 49.1 Å². The molecule has 2 aromatic rings. The summed E-state index contributed by atoms with van der Waals surface area (Å²) < 4.78 is 13.8. The monoisotopic (exact) mass is 397 g/mol. The lowest BCUT2D eigenvalue weighted by Crippen LogP contribution is -2.48. The number of benzene rings is 2. The van der Waals surface area contributed by atoms with Crippen LogP contribution in [-0.2, 0) is 0 Å². The number of carbonyl (C=O) groups excluding carboxylic acids is 2. The molecule has 2 aliphatic heterocycles. The normalized spacial score (nSPS) is 16.9. The van der Waals surface area contributed by atoms with Gasteiger partial charge in [0, 0.05) is 56.2 Å². The number of amides is 1. The van der Waals surface area contributed by atoms with E-state index < -0.39 is 11.6 Å². The highest BCUT2D eigenvalue weighted by Crippen LogP contribution is 2.27. The second-order valence-electron chi connectivity index (χ2n) is 7.51. The van der Waals surface area contributed by atoms with Gasteiger partial charge in [0.1, 0.15) is 0 Å². The van der Waals surface area contributed by atoms with Crippen LogP contribution < -0.4 is 9.80 Å². The summed E-state index contributed by atoms with van der Waals surface area (Å²) in [6.07, 6.45) is 2.81. The molecule has 0 saturated carbocycles. The molecule has 2 aromatic carbocycles. The van der Waals surface area contributed by atoms with Crippen LogP contribution in [0, 0.1) is 5.82 Å². The van der Waals surface area contributed by atoms with Gasteiger partial charge in [-0.2, -0.15) is 0 Å². The fourth-order valence-electron chi connectivity index (χ4n) is 4.05. The van der Waals surface area contributed by atoms with Gasteiger partial charge in [-0.15, -0.1) is 0 Å². The Labute approximate surface area is 169 Å². The quantitative estimate of drug-likeness (QED) is 0.804. The van der Waals surface area contributed by atoms with Crippen molar-refractivity contribution >= 4 is 23.6 Å². The number of aromatic hydroxyl groups is 1. The fourth-order valence-corrected chi connectivity index (χ4v) is 4.05. The van der Waals surface area contributed by atoms with Crippen molar-refractivity contribution in [1.82, 2.24) is 4.90 Å². The Balaban J connectivity index is 1.43. The van der Waals surface area contributed by atoms with E-state index in [1.54, 1.807) is 4.90 Å². The lowest BCUT2D eigenvalue weighted by molar-refractivity contribution is 0.0746. The number of hydrogen-bond acceptors (Lipinski definition) is 5. The predicted octanol–water partition coefficient (Wildman–Crippen LogP) is 2.91. The van der Waals surface area contributed by atoms with E-state index in [-0.39, 0.29) is 17.0 Å². The van der Waals surface area contributed by atoms with Gasteiger partial charge in [0.2, 0.25) is 0 Å². The first kappa shape index (κ1) is 19.2. The highest BCUT2D eigenvalue weighted by molar-refractivity contribution is 5.96. The fraction of sp³-hybridized carbons (Fsp3) is 0.364. The first-order chi connectivity index (χ1) is 14.1. The van der Waals surface area contributed by atoms with Crippen LogP contribution >= 0.6 is 0 Å². The van der Waals surface area contributed by atoms with E-state index in [4.69, 9.17) is 0 Å². The molecule has 2 fully saturated rings. The molecule has 152 valence electrons. The molecule has 2 aliphatic rings. The summed E-state index contributed by atoms with van der Waals surface area (Å²) in [6.45, 7) is 4.55. The summed E-state index contributed by atoms with van der Waals surface area (Å²) in [4.78, 5) is 30.0. The van der Waals surface area contributed by atoms with Gasteiger partial charge in [-0.1, -0.05) is 6.07 Å². The van der Waals surface area contributed by atoms with Gasteiger partial charge in [-0.3, -0.25) is 9.59 Å². The van der Waals surface area contributed by atoms with Crippen molar-refractivity contribution in [3.63, 3.8) is 0 Å². The standard InChI is InChI=1S/C22H24FN3O3/c23-20-13-16(12-17(15-27)21(20)28)22(29)26-10-8-25(9-11-26)19-5-3-4-18(14-19)24-6-1-2-7-24/h3-5,12-15,28H,1-2,6-11H2. The zero-order valence-electron chi connectivity index (χ0n) is 16.2. The lowest BCUT2D eigenvalue weighted by atomic mass is 10.1. The Bertz CT molecular complexity index is 920. The highest BCUT2D eigenvalue weighted by Gasteiger charge is 2.24. The highest BCUT2D eigenvalue weighted by atomic mass is 19.1. The van der Waals surface area contributed by atoms with E-state index in [0.717, 1.165) is 24.8 Å². The predicted molar refractivity (Wildman–Crippen MR) is 109 cm³/mol. The third kappa shape index (κ3) is 3.90. The number of phenolic OH excluding ortho intramolecular Hbond substituents is 1. The maximum absolute atomic E-state index is 13.8. The van der Waals surface area contributed by atoms with Gasteiger partial charge in [0.25, 0.3) is 5.91 Å². The molecule has 2 saturated heterocycles. The molecule has 0 bridgehead atoms. The van der Waals surface area contributed by atoms with Crippen LogP contribution in [0.4, 0.5) is 15.8 Å². The van der Waals surface area contributed by atoms with Crippen LogP contribution in [0.25, 0.3) is 0 Å². The van der Waals surface area contributed by atoms with Crippen molar-refractivity contribution in [3.8, 4) is 5.75 Å². The first-order valence-corrected chi connectivity index (χ1v) is 9.94. The minimum absolute atomic E-state index is 0.0758. The molecule has 0 unspecified atom stereocenters. The number of anilines is 2. The zero-order valence-corrected chi connectivity index (χ0v) is 16.2. The summed E-state index contributed by atoms with van der Waals surface area (Å²) >= 11 is 0. The Morgan fingerprint density at radius 1 is 0.931 bits per heavy atom. The van der Waals surface area contributed by atoms with Crippen molar-refractivity contribution < 1.29 is 19.1 Å². The molecular formula is C22H24FN3O3. The number of phenols is 1. The molecule has 0 atom stereocenters. The Morgan fingerprint density at radius 3 is 2.17 bits per heavy atom. The van der Waals surface area contributed by atoms with Crippen molar-refractivity contribution in [3.05, 3.63) is 53.3 Å². The third-order valence-corrected chi connectivity index (χ3v) is 5.70. The first-order valence-electron chi connectivity index (χ1n) is 9.94. The molecule has 4 rings (SSSR count). The van der Waals surface area contributed by atoms with E-state index in [2.05, 4.69) is 34.1 Å². The molecule has 6 nitrogen and oxygen atoms in total. The van der Waals surface area contributed by atoms with Gasteiger partial charge in [0.05, 0.1) is 5.56 Å². The molecule has 2 heterocycles. The van der Waals surface area contributed by atoms with Gasteiger partial charge < -0.3 is 19.8 Å². The molecule has 0 aliphatic carbocycles. The molecule has 0 spiro atoms. The summed E-state index contributed by atoms with van der Waals surface area (Å²) in [7, 11) is 0. The Morgan fingerprint density at radius 2 is 1.55 bits per heavy atom. The average Bonchev–Trinajstić information content (AvgIpc) is 3.30. The average molecular weight is 397 g/mol. The number of rotatable bonds is 4. The molecule has 0 aromatic heterocycles. The van der Waals surface area contributed by atoms with E-state index in [0.29, 0.717) is 32.5 Å². The summed E-state index contributed by atoms with van der Waals surface area (Å²) in [5.74, 6) is -2.02. The molecule has 7 heteroatoms. The number of carbonyl (C=O) groups is 2. The SMILES string of the molecule is O=Cc1cc(C(=O)N2CCN(c3cccc(N4CCCC4)c3)CC2)cc(F)c1O. The van der Waals surface area contributed by atoms with Crippen LogP contribution in [0.5, 0.6) is 5.75 Å². The maximum Gasteiger partial charge on any atom is 0.254 e. The summed E-state index contributed by atoms with van der Waals surface area (Å²) in [5, 5.41) is 9.53. The topological polar surface area (TPSA) is 64.1 Å². The molecule has 1 N–H and O–H groups in total. The Kier molecular flexibility index (Phi) is 5.38. The van der Waals surface area contributed by atoms with Crippen LogP contribution in [0.3, 0.4) is 0 Å².